The molecule has 1 saturated carbocycles. The molecule has 1 aliphatic rings. The smallest absolute Gasteiger partial charge is 0.306 e. The number of carbonyl (C=O) groups is 2. The van der Waals surface area contributed by atoms with Crippen molar-refractivity contribution < 1.29 is 19.8 Å². The number of carboxylic acids is 2. The molecule has 1 aliphatic carbocycles. The van der Waals surface area contributed by atoms with E-state index in [1.165, 1.54) is 0 Å². The van der Waals surface area contributed by atoms with Gasteiger partial charge in [0.15, 0.2) is 0 Å². The average molecular weight is 172 g/mol. The minimum atomic E-state index is -0.828. The Kier molecular flexibility index (Phi) is 2.68. The molecule has 1 rings (SSSR count). The van der Waals surface area contributed by atoms with E-state index in [1.807, 2.05) is 0 Å². The monoisotopic (exact) mass is 172 g/mol. The Labute approximate surface area is 70.2 Å². The van der Waals surface area contributed by atoms with Crippen molar-refractivity contribution >= 4 is 11.9 Å². The highest BCUT2D eigenvalue weighted by atomic mass is 16.4. The minimum absolute atomic E-state index is 0.0728. The fourth-order valence-electron chi connectivity index (χ4n) is 1.73. The molecule has 0 aromatic heterocycles. The molecule has 68 valence electrons. The van der Waals surface area contributed by atoms with Crippen LogP contribution >= 0.6 is 0 Å². The van der Waals surface area contributed by atoms with Crippen LogP contribution in [0.25, 0.3) is 0 Å². The van der Waals surface area contributed by atoms with Crippen molar-refractivity contribution in [3.63, 3.8) is 0 Å². The quantitative estimate of drug-likeness (QED) is 0.665. The lowest BCUT2D eigenvalue weighted by Gasteiger charge is -2.04. The molecule has 4 nitrogen and oxygen atoms in total. The fraction of sp³-hybridized carbons (Fsp3) is 0.750. The van der Waals surface area contributed by atoms with Gasteiger partial charge in [-0.3, -0.25) is 9.59 Å². The van der Waals surface area contributed by atoms with Crippen molar-refractivity contribution in [2.75, 3.05) is 0 Å². The summed E-state index contributed by atoms with van der Waals surface area (Å²) in [7, 11) is 0. The maximum Gasteiger partial charge on any atom is 0.306 e. The number of carboxylic acid groups (broad SMARTS) is 2. The largest absolute Gasteiger partial charge is 0.481 e. The highest BCUT2D eigenvalue weighted by molar-refractivity contribution is 5.71. The van der Waals surface area contributed by atoms with Gasteiger partial charge in [-0.25, -0.2) is 0 Å². The maximum atomic E-state index is 10.5. The fourth-order valence-corrected chi connectivity index (χ4v) is 1.73. The Hall–Kier alpha value is -1.06. The average Bonchev–Trinajstić information content (AvgIpc) is 2.34. The predicted molar refractivity (Wildman–Crippen MR) is 40.7 cm³/mol. The third-order valence-corrected chi connectivity index (χ3v) is 2.35. The van der Waals surface area contributed by atoms with E-state index in [0.717, 1.165) is 6.42 Å². The molecule has 0 aromatic rings. The number of hydrogen-bond acceptors (Lipinski definition) is 2. The van der Waals surface area contributed by atoms with Crippen LogP contribution in [0.4, 0.5) is 0 Å². The molecule has 2 atom stereocenters. The van der Waals surface area contributed by atoms with Crippen LogP contribution in [-0.2, 0) is 9.59 Å². The van der Waals surface area contributed by atoms with Gasteiger partial charge < -0.3 is 10.2 Å². The van der Waals surface area contributed by atoms with Gasteiger partial charge in [0.05, 0.1) is 5.92 Å². The van der Waals surface area contributed by atoms with Gasteiger partial charge in [0.25, 0.3) is 0 Å². The Morgan fingerprint density at radius 1 is 1.25 bits per heavy atom. The summed E-state index contributed by atoms with van der Waals surface area (Å²) < 4.78 is 0. The van der Waals surface area contributed by atoms with Gasteiger partial charge in [-0.05, 0) is 25.2 Å². The number of hydrogen-bond donors (Lipinski definition) is 2. The van der Waals surface area contributed by atoms with Crippen LogP contribution < -0.4 is 0 Å². The molecule has 1 fully saturated rings. The van der Waals surface area contributed by atoms with Gasteiger partial charge in [0.2, 0.25) is 0 Å². The minimum Gasteiger partial charge on any atom is -0.481 e. The molecule has 0 heterocycles. The van der Waals surface area contributed by atoms with Crippen LogP contribution in [0, 0.1) is 11.8 Å². The summed E-state index contributed by atoms with van der Waals surface area (Å²) in [5.74, 6) is -1.85. The van der Waals surface area contributed by atoms with E-state index in [-0.39, 0.29) is 18.3 Å². The molecule has 0 unspecified atom stereocenters. The van der Waals surface area contributed by atoms with Crippen molar-refractivity contribution in [3.05, 3.63) is 0 Å². The standard InChI is InChI=1S/C8H12O4/c9-7(10)4-5-1-2-6(3-5)8(11)12/h5-6H,1-4H2,(H,9,10)(H,11,12)/t5-,6-/m0/s1. The van der Waals surface area contributed by atoms with Crippen molar-refractivity contribution in [1.29, 1.82) is 0 Å². The molecule has 0 amide bonds. The van der Waals surface area contributed by atoms with E-state index in [0.29, 0.717) is 12.8 Å². The van der Waals surface area contributed by atoms with E-state index in [9.17, 15) is 9.59 Å². The first kappa shape index (κ1) is 9.03. The molecule has 0 saturated heterocycles. The van der Waals surface area contributed by atoms with E-state index in [4.69, 9.17) is 10.2 Å². The molecule has 4 heteroatoms. The molecule has 0 bridgehead atoms. The second kappa shape index (κ2) is 3.56. The summed E-state index contributed by atoms with van der Waals surface area (Å²) in [6, 6.07) is 0. The van der Waals surface area contributed by atoms with Crippen molar-refractivity contribution in [1.82, 2.24) is 0 Å². The summed E-state index contributed by atoms with van der Waals surface area (Å²) >= 11 is 0. The van der Waals surface area contributed by atoms with Crippen LogP contribution in [0.5, 0.6) is 0 Å². The lowest BCUT2D eigenvalue weighted by Crippen LogP contribution is -2.10. The highest BCUT2D eigenvalue weighted by Gasteiger charge is 2.30. The van der Waals surface area contributed by atoms with Crippen molar-refractivity contribution in [2.45, 2.75) is 25.7 Å². The Bertz CT molecular complexity index is 199. The molecule has 0 spiro atoms. The van der Waals surface area contributed by atoms with E-state index >= 15 is 0 Å². The lowest BCUT2D eigenvalue weighted by molar-refractivity contribution is -0.142. The van der Waals surface area contributed by atoms with Crippen molar-refractivity contribution in [2.24, 2.45) is 11.8 Å². The van der Waals surface area contributed by atoms with Gasteiger partial charge in [-0.1, -0.05) is 0 Å². The third kappa shape index (κ3) is 2.22. The third-order valence-electron chi connectivity index (χ3n) is 2.35. The first-order valence-corrected chi connectivity index (χ1v) is 4.04. The summed E-state index contributed by atoms with van der Waals surface area (Å²) in [5.41, 5.74) is 0. The summed E-state index contributed by atoms with van der Waals surface area (Å²) in [6.07, 6.45) is 2.02. The molecule has 2 N–H and O–H groups in total. The second-order valence-corrected chi connectivity index (χ2v) is 3.31. The van der Waals surface area contributed by atoms with Crippen LogP contribution in [0.15, 0.2) is 0 Å². The summed E-state index contributed by atoms with van der Waals surface area (Å²) in [6.45, 7) is 0. The summed E-state index contributed by atoms with van der Waals surface area (Å²) in [4.78, 5) is 20.8. The van der Waals surface area contributed by atoms with Crippen LogP contribution in [0.2, 0.25) is 0 Å². The first-order valence-electron chi connectivity index (χ1n) is 4.04. The lowest BCUT2D eigenvalue weighted by atomic mass is 10.0. The topological polar surface area (TPSA) is 74.6 Å². The Morgan fingerprint density at radius 2 is 1.92 bits per heavy atom. The molecule has 0 aliphatic heterocycles. The van der Waals surface area contributed by atoms with Crippen LogP contribution in [0.3, 0.4) is 0 Å². The van der Waals surface area contributed by atoms with Crippen molar-refractivity contribution in [3.8, 4) is 0 Å². The normalized spacial score (nSPS) is 28.7. The highest BCUT2D eigenvalue weighted by Crippen LogP contribution is 2.32. The first-order chi connectivity index (χ1) is 5.59. The van der Waals surface area contributed by atoms with E-state index < -0.39 is 11.9 Å². The Balaban J connectivity index is 2.35. The molecular formula is C8H12O4. The van der Waals surface area contributed by atoms with Gasteiger partial charge in [-0.15, -0.1) is 0 Å². The van der Waals surface area contributed by atoms with E-state index in [1.54, 1.807) is 0 Å². The zero-order chi connectivity index (χ0) is 9.14. The van der Waals surface area contributed by atoms with Crippen LogP contribution in [0.1, 0.15) is 25.7 Å². The van der Waals surface area contributed by atoms with Gasteiger partial charge in [0, 0.05) is 6.42 Å². The number of rotatable bonds is 3. The molecule has 12 heavy (non-hydrogen) atoms. The number of aliphatic carboxylic acids is 2. The second-order valence-electron chi connectivity index (χ2n) is 3.31. The van der Waals surface area contributed by atoms with Gasteiger partial charge in [0.1, 0.15) is 0 Å². The van der Waals surface area contributed by atoms with Crippen LogP contribution in [-0.4, -0.2) is 22.2 Å². The molecular weight excluding hydrogens is 160 g/mol. The van der Waals surface area contributed by atoms with E-state index in [2.05, 4.69) is 0 Å². The zero-order valence-corrected chi connectivity index (χ0v) is 6.69. The van der Waals surface area contributed by atoms with Gasteiger partial charge >= 0.3 is 11.9 Å². The predicted octanol–water partition coefficient (Wildman–Crippen LogP) is 0.962. The SMILES string of the molecule is O=C(O)C[C@H]1CC[C@H](C(=O)O)C1. The molecule has 0 aromatic carbocycles. The maximum absolute atomic E-state index is 10.5. The zero-order valence-electron chi connectivity index (χ0n) is 6.69. The summed E-state index contributed by atoms with van der Waals surface area (Å²) in [5, 5.41) is 17.1. The molecule has 0 radical (unpaired) electrons. The Morgan fingerprint density at radius 3 is 2.33 bits per heavy atom. The van der Waals surface area contributed by atoms with Gasteiger partial charge in [-0.2, -0.15) is 0 Å².